The van der Waals surface area contributed by atoms with Crippen molar-refractivity contribution < 1.29 is 18.7 Å². The number of benzene rings is 2. The van der Waals surface area contributed by atoms with Crippen LogP contribution in [0.15, 0.2) is 48.5 Å². The van der Waals surface area contributed by atoms with Gasteiger partial charge in [0, 0.05) is 18.3 Å². The quantitative estimate of drug-likeness (QED) is 0.830. The molecule has 0 radical (unpaired) electrons. The van der Waals surface area contributed by atoms with E-state index in [0.29, 0.717) is 30.1 Å². The number of amides is 2. The number of carbonyl (C=O) groups excluding carboxylic acids is 2. The number of hydrogen-bond donors (Lipinski definition) is 2. The van der Waals surface area contributed by atoms with Crippen LogP contribution in [0.3, 0.4) is 0 Å². The van der Waals surface area contributed by atoms with Crippen molar-refractivity contribution in [3.8, 4) is 0 Å². The molecule has 1 aliphatic heterocycles. The van der Waals surface area contributed by atoms with E-state index >= 15 is 0 Å². The summed E-state index contributed by atoms with van der Waals surface area (Å²) in [5.74, 6) is -0.948. The molecule has 2 N–H and O–H groups in total. The number of nitrogens with one attached hydrogen (secondary N) is 2. The third kappa shape index (κ3) is 5.15. The zero-order valence-corrected chi connectivity index (χ0v) is 15.9. The van der Waals surface area contributed by atoms with Crippen molar-refractivity contribution in [1.29, 1.82) is 0 Å². The minimum Gasteiger partial charge on any atom is -0.376 e. The summed E-state index contributed by atoms with van der Waals surface area (Å²) < 4.78 is 18.6. The third-order valence-electron chi connectivity index (χ3n) is 4.63. The predicted octanol–water partition coefficient (Wildman–Crippen LogP) is 3.13. The van der Waals surface area contributed by atoms with Crippen LogP contribution in [0.1, 0.15) is 24.2 Å². The summed E-state index contributed by atoms with van der Waals surface area (Å²) >= 11 is 0. The van der Waals surface area contributed by atoms with Crippen LogP contribution in [-0.2, 0) is 9.53 Å². The Balaban J connectivity index is 1.66. The minimum atomic E-state index is -0.379. The van der Waals surface area contributed by atoms with Crippen molar-refractivity contribution in [2.45, 2.75) is 26.0 Å². The number of anilines is 2. The fraction of sp³-hybridized carbons (Fsp3) is 0.333. The Morgan fingerprint density at radius 3 is 2.57 bits per heavy atom. The summed E-state index contributed by atoms with van der Waals surface area (Å²) in [6, 6.07) is 12.5. The maximum atomic E-state index is 13.0. The van der Waals surface area contributed by atoms with Gasteiger partial charge >= 0.3 is 0 Å². The van der Waals surface area contributed by atoms with Gasteiger partial charge in [0.1, 0.15) is 5.82 Å². The fourth-order valence-electron chi connectivity index (χ4n) is 3.09. The van der Waals surface area contributed by atoms with Crippen molar-refractivity contribution >= 4 is 23.2 Å². The van der Waals surface area contributed by atoms with Crippen LogP contribution in [0.25, 0.3) is 0 Å². The SMILES string of the molecule is CC1CN(CC(=O)Nc2ccccc2C(=O)Nc2ccc(F)cc2)C(C)CO1. The van der Waals surface area contributed by atoms with E-state index in [1.165, 1.54) is 24.3 Å². The number of hydrogen-bond acceptors (Lipinski definition) is 4. The van der Waals surface area contributed by atoms with Gasteiger partial charge in [0.05, 0.1) is 30.5 Å². The van der Waals surface area contributed by atoms with E-state index in [1.807, 2.05) is 13.8 Å². The highest BCUT2D eigenvalue weighted by atomic mass is 19.1. The smallest absolute Gasteiger partial charge is 0.257 e. The van der Waals surface area contributed by atoms with Gasteiger partial charge in [-0.25, -0.2) is 4.39 Å². The zero-order chi connectivity index (χ0) is 20.1. The maximum Gasteiger partial charge on any atom is 0.257 e. The summed E-state index contributed by atoms with van der Waals surface area (Å²) in [4.78, 5) is 27.2. The van der Waals surface area contributed by atoms with Crippen LogP contribution < -0.4 is 10.6 Å². The lowest BCUT2D eigenvalue weighted by Gasteiger charge is -2.36. The van der Waals surface area contributed by atoms with Gasteiger partial charge in [-0.2, -0.15) is 0 Å². The van der Waals surface area contributed by atoms with Crippen molar-refractivity contribution in [3.63, 3.8) is 0 Å². The van der Waals surface area contributed by atoms with Gasteiger partial charge in [0.15, 0.2) is 0 Å². The highest BCUT2D eigenvalue weighted by Gasteiger charge is 2.25. The molecular weight excluding hydrogens is 361 g/mol. The molecule has 6 nitrogen and oxygen atoms in total. The molecule has 1 aliphatic rings. The second kappa shape index (κ2) is 8.95. The number of halogens is 1. The lowest BCUT2D eigenvalue weighted by Crippen LogP contribution is -2.50. The molecule has 0 saturated carbocycles. The van der Waals surface area contributed by atoms with Gasteiger partial charge in [-0.1, -0.05) is 12.1 Å². The van der Waals surface area contributed by atoms with Gasteiger partial charge in [-0.3, -0.25) is 14.5 Å². The van der Waals surface area contributed by atoms with Crippen molar-refractivity contribution in [1.82, 2.24) is 4.90 Å². The Labute approximate surface area is 163 Å². The monoisotopic (exact) mass is 385 g/mol. The molecule has 1 fully saturated rings. The summed E-state index contributed by atoms with van der Waals surface area (Å²) in [6.07, 6.45) is 0.0813. The minimum absolute atomic E-state index is 0.0813. The first kappa shape index (κ1) is 20.0. The second-order valence-corrected chi connectivity index (χ2v) is 6.98. The van der Waals surface area contributed by atoms with E-state index in [2.05, 4.69) is 15.5 Å². The fourth-order valence-corrected chi connectivity index (χ4v) is 3.09. The highest BCUT2D eigenvalue weighted by Crippen LogP contribution is 2.18. The molecule has 2 atom stereocenters. The first-order valence-electron chi connectivity index (χ1n) is 9.24. The Morgan fingerprint density at radius 1 is 1.11 bits per heavy atom. The summed E-state index contributed by atoms with van der Waals surface area (Å²) in [6.45, 7) is 5.49. The number of rotatable bonds is 5. The molecule has 1 heterocycles. The van der Waals surface area contributed by atoms with Crippen LogP contribution in [0.2, 0.25) is 0 Å². The Bertz CT molecular complexity index is 841. The molecule has 1 saturated heterocycles. The van der Waals surface area contributed by atoms with Gasteiger partial charge in [0.2, 0.25) is 5.91 Å². The van der Waals surface area contributed by atoms with Crippen molar-refractivity contribution in [2.24, 2.45) is 0 Å². The Morgan fingerprint density at radius 2 is 1.82 bits per heavy atom. The molecule has 0 aliphatic carbocycles. The molecule has 148 valence electrons. The van der Waals surface area contributed by atoms with E-state index in [-0.39, 0.29) is 36.3 Å². The first-order valence-corrected chi connectivity index (χ1v) is 9.24. The summed E-state index contributed by atoms with van der Waals surface area (Å²) in [5.41, 5.74) is 1.24. The number of para-hydroxylation sites is 1. The number of morpholine rings is 1. The number of ether oxygens (including phenoxy) is 1. The molecule has 0 aromatic heterocycles. The number of carbonyl (C=O) groups is 2. The molecule has 2 unspecified atom stereocenters. The summed E-state index contributed by atoms with van der Waals surface area (Å²) in [7, 11) is 0. The second-order valence-electron chi connectivity index (χ2n) is 6.98. The molecule has 3 rings (SSSR count). The molecule has 0 spiro atoms. The molecule has 2 amide bonds. The average Bonchev–Trinajstić information content (AvgIpc) is 2.67. The molecule has 2 aromatic carbocycles. The largest absolute Gasteiger partial charge is 0.376 e. The van der Waals surface area contributed by atoms with E-state index < -0.39 is 0 Å². The topological polar surface area (TPSA) is 70.7 Å². The third-order valence-corrected chi connectivity index (χ3v) is 4.63. The van der Waals surface area contributed by atoms with Gasteiger partial charge in [-0.15, -0.1) is 0 Å². The van der Waals surface area contributed by atoms with Crippen LogP contribution in [0, 0.1) is 5.82 Å². The van der Waals surface area contributed by atoms with E-state index in [9.17, 15) is 14.0 Å². The van der Waals surface area contributed by atoms with Crippen LogP contribution in [0.5, 0.6) is 0 Å². The van der Waals surface area contributed by atoms with Crippen molar-refractivity contribution in [2.75, 3.05) is 30.3 Å². The highest BCUT2D eigenvalue weighted by molar-refractivity contribution is 6.10. The summed E-state index contributed by atoms with van der Waals surface area (Å²) in [5, 5.41) is 5.54. The molecule has 28 heavy (non-hydrogen) atoms. The lowest BCUT2D eigenvalue weighted by molar-refractivity contribution is -0.121. The van der Waals surface area contributed by atoms with E-state index in [1.54, 1.807) is 24.3 Å². The Kier molecular flexibility index (Phi) is 6.38. The first-order chi connectivity index (χ1) is 13.4. The Hall–Kier alpha value is -2.77. The zero-order valence-electron chi connectivity index (χ0n) is 15.9. The van der Waals surface area contributed by atoms with Gasteiger partial charge in [0.25, 0.3) is 5.91 Å². The van der Waals surface area contributed by atoms with Gasteiger partial charge in [-0.05, 0) is 50.2 Å². The number of nitrogens with zero attached hydrogens (tertiary/aromatic N) is 1. The van der Waals surface area contributed by atoms with Gasteiger partial charge < -0.3 is 15.4 Å². The normalized spacial score (nSPS) is 19.8. The van der Waals surface area contributed by atoms with E-state index in [0.717, 1.165) is 0 Å². The average molecular weight is 385 g/mol. The predicted molar refractivity (Wildman–Crippen MR) is 106 cm³/mol. The van der Waals surface area contributed by atoms with E-state index in [4.69, 9.17) is 4.74 Å². The maximum absolute atomic E-state index is 13.0. The molecule has 0 bridgehead atoms. The van der Waals surface area contributed by atoms with Crippen molar-refractivity contribution in [3.05, 3.63) is 59.9 Å². The van der Waals surface area contributed by atoms with Crippen LogP contribution in [-0.4, -0.2) is 48.6 Å². The molecule has 7 heteroatoms. The molecule has 2 aromatic rings. The lowest BCUT2D eigenvalue weighted by atomic mass is 10.1. The van der Waals surface area contributed by atoms with Crippen LogP contribution >= 0.6 is 0 Å². The standard InChI is InChI=1S/C21H24FN3O3/c1-14-13-28-15(2)11-25(14)12-20(26)24-19-6-4-3-5-18(19)21(27)23-17-9-7-16(22)8-10-17/h3-10,14-15H,11-13H2,1-2H3,(H,23,27)(H,24,26). The van der Waals surface area contributed by atoms with Crippen LogP contribution in [0.4, 0.5) is 15.8 Å². The molecular formula is C21H24FN3O3.